The Balaban J connectivity index is 1.64. The Bertz CT molecular complexity index is 740. The Kier molecular flexibility index (Phi) is 4.99. The van der Waals surface area contributed by atoms with Crippen molar-refractivity contribution in [2.45, 2.75) is 52.4 Å². The number of benzene rings is 1. The van der Waals surface area contributed by atoms with Gasteiger partial charge in [0.25, 0.3) is 0 Å². The van der Waals surface area contributed by atoms with Gasteiger partial charge in [0.15, 0.2) is 0 Å². The number of aliphatic hydroxyl groups excluding tert-OH is 1. The van der Waals surface area contributed by atoms with E-state index in [0.717, 1.165) is 30.4 Å². The van der Waals surface area contributed by atoms with Crippen molar-refractivity contribution >= 4 is 17.1 Å². The van der Waals surface area contributed by atoms with E-state index in [-0.39, 0.29) is 12.7 Å². The predicted molar refractivity (Wildman–Crippen MR) is 96.2 cm³/mol. The van der Waals surface area contributed by atoms with E-state index in [0.29, 0.717) is 24.8 Å². The van der Waals surface area contributed by atoms with Crippen LogP contribution in [0.5, 0.6) is 0 Å². The summed E-state index contributed by atoms with van der Waals surface area (Å²) >= 11 is 0. The number of piperidine rings is 1. The van der Waals surface area contributed by atoms with Crippen LogP contribution in [-0.2, 0) is 17.9 Å². The first kappa shape index (κ1) is 17.7. The van der Waals surface area contributed by atoms with Gasteiger partial charge in [-0.25, -0.2) is 9.78 Å². The minimum absolute atomic E-state index is 0.0641. The van der Waals surface area contributed by atoms with Crippen molar-refractivity contribution in [1.29, 1.82) is 0 Å². The summed E-state index contributed by atoms with van der Waals surface area (Å²) in [4.78, 5) is 18.5. The molecular weight excluding hydrogens is 318 g/mol. The number of amides is 1. The first-order chi connectivity index (χ1) is 11.9. The molecule has 0 saturated carbocycles. The van der Waals surface area contributed by atoms with Crippen LogP contribution in [0.2, 0.25) is 0 Å². The maximum atomic E-state index is 12.2. The summed E-state index contributed by atoms with van der Waals surface area (Å²) in [5.74, 6) is 1.16. The van der Waals surface area contributed by atoms with Crippen LogP contribution in [-0.4, -0.2) is 44.3 Å². The molecule has 3 rings (SSSR count). The van der Waals surface area contributed by atoms with Crippen LogP contribution in [0.4, 0.5) is 4.79 Å². The number of ether oxygens (including phenoxy) is 1. The third-order valence-electron chi connectivity index (χ3n) is 4.58. The Morgan fingerprint density at radius 1 is 1.28 bits per heavy atom. The normalized spacial score (nSPS) is 16.4. The van der Waals surface area contributed by atoms with Crippen molar-refractivity contribution in [2.75, 3.05) is 13.1 Å². The van der Waals surface area contributed by atoms with Crippen LogP contribution >= 0.6 is 0 Å². The van der Waals surface area contributed by atoms with Gasteiger partial charge in [-0.2, -0.15) is 0 Å². The van der Waals surface area contributed by atoms with Gasteiger partial charge in [0, 0.05) is 19.6 Å². The maximum absolute atomic E-state index is 12.2. The Morgan fingerprint density at radius 3 is 2.60 bits per heavy atom. The maximum Gasteiger partial charge on any atom is 0.410 e. The molecule has 0 radical (unpaired) electrons. The zero-order chi connectivity index (χ0) is 18.0. The van der Waals surface area contributed by atoms with Gasteiger partial charge < -0.3 is 19.3 Å². The summed E-state index contributed by atoms with van der Waals surface area (Å²) in [7, 11) is 0. The molecule has 25 heavy (non-hydrogen) atoms. The fraction of sp³-hybridized carbons (Fsp3) is 0.579. The molecule has 0 unspecified atom stereocenters. The summed E-state index contributed by atoms with van der Waals surface area (Å²) < 4.78 is 7.57. The number of nitrogens with zero attached hydrogens (tertiary/aromatic N) is 3. The topological polar surface area (TPSA) is 67.6 Å². The summed E-state index contributed by atoms with van der Waals surface area (Å²) in [6.45, 7) is 7.83. The monoisotopic (exact) mass is 345 g/mol. The largest absolute Gasteiger partial charge is 0.444 e. The first-order valence-electron chi connectivity index (χ1n) is 8.90. The van der Waals surface area contributed by atoms with E-state index in [1.807, 2.05) is 45.0 Å². The van der Waals surface area contributed by atoms with Crippen LogP contribution in [0.15, 0.2) is 24.3 Å². The van der Waals surface area contributed by atoms with Crippen LogP contribution in [0.25, 0.3) is 11.0 Å². The van der Waals surface area contributed by atoms with Crippen molar-refractivity contribution in [3.63, 3.8) is 0 Å². The minimum Gasteiger partial charge on any atom is -0.444 e. The van der Waals surface area contributed by atoms with Crippen molar-refractivity contribution in [1.82, 2.24) is 14.5 Å². The van der Waals surface area contributed by atoms with E-state index in [1.54, 1.807) is 4.90 Å². The average Bonchev–Trinajstić information content (AvgIpc) is 2.92. The van der Waals surface area contributed by atoms with E-state index in [9.17, 15) is 9.90 Å². The quantitative estimate of drug-likeness (QED) is 0.928. The third-order valence-corrected chi connectivity index (χ3v) is 4.58. The lowest BCUT2D eigenvalue weighted by molar-refractivity contribution is 0.0178. The zero-order valence-corrected chi connectivity index (χ0v) is 15.2. The van der Waals surface area contributed by atoms with E-state index >= 15 is 0 Å². The summed E-state index contributed by atoms with van der Waals surface area (Å²) in [5, 5.41) is 9.62. The minimum atomic E-state index is -0.459. The number of aliphatic hydroxyl groups is 1. The molecule has 1 N–H and O–H groups in total. The van der Waals surface area contributed by atoms with Crippen LogP contribution in [0, 0.1) is 5.92 Å². The number of hydrogen-bond acceptors (Lipinski definition) is 4. The summed E-state index contributed by atoms with van der Waals surface area (Å²) in [6, 6.07) is 7.96. The van der Waals surface area contributed by atoms with Crippen LogP contribution in [0.1, 0.15) is 39.4 Å². The molecule has 6 heteroatoms. The average molecular weight is 345 g/mol. The molecule has 2 aromatic rings. The molecular formula is C19H27N3O3. The molecule has 1 amide bonds. The van der Waals surface area contributed by atoms with E-state index < -0.39 is 5.60 Å². The fourth-order valence-corrected chi connectivity index (χ4v) is 3.33. The molecule has 0 aliphatic carbocycles. The molecule has 0 atom stereocenters. The molecule has 0 bridgehead atoms. The Morgan fingerprint density at radius 2 is 1.96 bits per heavy atom. The SMILES string of the molecule is CC(C)(C)OC(=O)N1CCC(Cn2c(CO)nc3ccccc32)CC1. The number of fused-ring (bicyclic) bond motifs is 1. The highest BCUT2D eigenvalue weighted by Crippen LogP contribution is 2.24. The highest BCUT2D eigenvalue weighted by molar-refractivity contribution is 5.75. The first-order valence-corrected chi connectivity index (χ1v) is 8.90. The molecule has 1 fully saturated rings. The summed E-state index contributed by atoms with van der Waals surface area (Å²) in [6.07, 6.45) is 1.63. The highest BCUT2D eigenvalue weighted by Gasteiger charge is 2.27. The lowest BCUT2D eigenvalue weighted by Gasteiger charge is -2.33. The van der Waals surface area contributed by atoms with Crippen molar-refractivity contribution in [3.8, 4) is 0 Å². The molecule has 6 nitrogen and oxygen atoms in total. The van der Waals surface area contributed by atoms with Gasteiger partial charge in [-0.1, -0.05) is 12.1 Å². The zero-order valence-electron chi connectivity index (χ0n) is 15.2. The van der Waals surface area contributed by atoms with Crippen molar-refractivity contribution in [3.05, 3.63) is 30.1 Å². The second-order valence-corrected chi connectivity index (χ2v) is 7.70. The molecule has 1 aliphatic rings. The molecule has 1 saturated heterocycles. The third kappa shape index (κ3) is 4.12. The number of carbonyl (C=O) groups is 1. The number of likely N-dealkylation sites (tertiary alicyclic amines) is 1. The molecule has 1 aromatic carbocycles. The molecule has 1 aliphatic heterocycles. The smallest absolute Gasteiger partial charge is 0.410 e. The predicted octanol–water partition coefficient (Wildman–Crippen LogP) is 3.18. The Hall–Kier alpha value is -2.08. The van der Waals surface area contributed by atoms with Gasteiger partial charge in [-0.05, 0) is 51.7 Å². The molecule has 136 valence electrons. The second kappa shape index (κ2) is 7.04. The van der Waals surface area contributed by atoms with Crippen LogP contribution in [0.3, 0.4) is 0 Å². The van der Waals surface area contributed by atoms with Gasteiger partial charge in [0.05, 0.1) is 11.0 Å². The van der Waals surface area contributed by atoms with E-state index in [4.69, 9.17) is 4.74 Å². The van der Waals surface area contributed by atoms with E-state index in [1.165, 1.54) is 0 Å². The molecule has 0 spiro atoms. The van der Waals surface area contributed by atoms with Gasteiger partial charge in [0.2, 0.25) is 0 Å². The standard InChI is InChI=1S/C19H27N3O3/c1-19(2,3)25-18(24)21-10-8-14(9-11-21)12-22-16-7-5-4-6-15(16)20-17(22)13-23/h4-7,14,23H,8-13H2,1-3H3. The lowest BCUT2D eigenvalue weighted by atomic mass is 9.97. The van der Waals surface area contributed by atoms with Crippen LogP contribution < -0.4 is 0 Å². The van der Waals surface area contributed by atoms with Gasteiger partial charge in [-0.3, -0.25) is 0 Å². The van der Waals surface area contributed by atoms with Gasteiger partial charge in [-0.15, -0.1) is 0 Å². The number of imidazole rings is 1. The summed E-state index contributed by atoms with van der Waals surface area (Å²) in [5.41, 5.74) is 1.51. The number of aromatic nitrogens is 2. The van der Waals surface area contributed by atoms with Gasteiger partial charge in [0.1, 0.15) is 18.0 Å². The number of rotatable bonds is 3. The van der Waals surface area contributed by atoms with E-state index in [2.05, 4.69) is 9.55 Å². The fourth-order valence-electron chi connectivity index (χ4n) is 3.33. The number of para-hydroxylation sites is 2. The number of carbonyl (C=O) groups excluding carboxylic acids is 1. The molecule has 2 heterocycles. The Labute approximate surface area is 148 Å². The van der Waals surface area contributed by atoms with Crippen molar-refractivity contribution in [2.24, 2.45) is 5.92 Å². The molecule has 1 aromatic heterocycles. The highest BCUT2D eigenvalue weighted by atomic mass is 16.6. The second-order valence-electron chi connectivity index (χ2n) is 7.70. The number of hydrogen-bond donors (Lipinski definition) is 1. The van der Waals surface area contributed by atoms with Gasteiger partial charge >= 0.3 is 6.09 Å². The van der Waals surface area contributed by atoms with Crippen molar-refractivity contribution < 1.29 is 14.6 Å². The lowest BCUT2D eigenvalue weighted by Crippen LogP contribution is -2.42.